The number of nitrogens with one attached hydrogen (secondary N) is 2. The van der Waals surface area contributed by atoms with Crippen LogP contribution in [0.5, 0.6) is 0 Å². The average Bonchev–Trinajstić information content (AvgIpc) is 2.84. The fourth-order valence-corrected chi connectivity index (χ4v) is 3.99. The van der Waals surface area contributed by atoms with Gasteiger partial charge in [0.25, 0.3) is 5.91 Å². The third kappa shape index (κ3) is 8.49. The van der Waals surface area contributed by atoms with Crippen LogP contribution in [0.1, 0.15) is 49.9 Å². The van der Waals surface area contributed by atoms with Crippen molar-refractivity contribution in [1.29, 1.82) is 5.26 Å². The van der Waals surface area contributed by atoms with E-state index >= 15 is 0 Å². The number of amides is 4. The quantitative estimate of drug-likeness (QED) is 0.320. The first kappa shape index (κ1) is 30.7. The van der Waals surface area contributed by atoms with Crippen molar-refractivity contribution >= 4 is 41.1 Å². The Bertz CT molecular complexity index is 1320. The number of carbonyl (C=O) groups is 4. The number of rotatable bonds is 9. The molecule has 0 heterocycles. The number of anilines is 1. The Morgan fingerprint density at radius 2 is 1.82 bits per heavy atom. The number of halogens is 1. The lowest BCUT2D eigenvalue weighted by Gasteiger charge is -2.33. The second-order valence-electron chi connectivity index (χ2n) is 9.55. The van der Waals surface area contributed by atoms with Crippen LogP contribution in [0.2, 0.25) is 5.02 Å². The number of hydrogen-bond donors (Lipinski definition) is 3. The second kappa shape index (κ2) is 13.3. The van der Waals surface area contributed by atoms with Crippen LogP contribution < -0.4 is 16.4 Å². The topological polar surface area (TPSA) is 155 Å². The van der Waals surface area contributed by atoms with E-state index in [4.69, 9.17) is 28.5 Å². The highest BCUT2D eigenvalue weighted by Gasteiger charge is 2.38. The van der Waals surface area contributed by atoms with Crippen LogP contribution in [0.4, 0.5) is 10.5 Å². The van der Waals surface area contributed by atoms with Gasteiger partial charge in [0.1, 0.15) is 24.2 Å². The fraction of sp³-hybridized carbons (Fsp3) is 0.321. The number of para-hydroxylation sites is 1. The van der Waals surface area contributed by atoms with E-state index in [2.05, 4.69) is 16.6 Å². The lowest BCUT2D eigenvalue weighted by atomic mass is 9.97. The van der Waals surface area contributed by atoms with E-state index in [-0.39, 0.29) is 16.1 Å². The molecular formula is C28H30ClN5O5. The molecule has 2 unspecified atom stereocenters. The predicted molar refractivity (Wildman–Crippen MR) is 146 cm³/mol. The Hall–Kier alpha value is -4.54. The number of nitrogens with zero attached hydrogens (tertiary/aromatic N) is 2. The molecular weight excluding hydrogens is 522 g/mol. The lowest BCUT2D eigenvalue weighted by molar-refractivity contribution is -0.141. The Labute approximate surface area is 232 Å². The predicted octanol–water partition coefficient (Wildman–Crippen LogP) is 3.43. The third-order valence-electron chi connectivity index (χ3n) is 5.36. The molecule has 2 atom stereocenters. The van der Waals surface area contributed by atoms with Crippen LogP contribution in [-0.4, -0.2) is 46.9 Å². The van der Waals surface area contributed by atoms with Crippen LogP contribution in [0, 0.1) is 30.6 Å². The van der Waals surface area contributed by atoms with Gasteiger partial charge in [-0.2, -0.15) is 5.26 Å². The monoisotopic (exact) mass is 551 g/mol. The Morgan fingerprint density at radius 3 is 2.38 bits per heavy atom. The van der Waals surface area contributed by atoms with Crippen molar-refractivity contribution < 1.29 is 23.9 Å². The highest BCUT2D eigenvalue weighted by Crippen LogP contribution is 2.30. The van der Waals surface area contributed by atoms with Gasteiger partial charge in [0, 0.05) is 5.56 Å². The number of carbonyl (C=O) groups excluding carboxylic acids is 4. The first-order valence-corrected chi connectivity index (χ1v) is 12.2. The molecule has 4 N–H and O–H groups in total. The largest absolute Gasteiger partial charge is 0.444 e. The van der Waals surface area contributed by atoms with Crippen molar-refractivity contribution in [3.8, 4) is 18.4 Å². The van der Waals surface area contributed by atoms with Crippen molar-refractivity contribution in [2.75, 3.05) is 11.9 Å². The summed E-state index contributed by atoms with van der Waals surface area (Å²) in [6.07, 6.45) is 4.08. The van der Waals surface area contributed by atoms with Crippen LogP contribution in [0.15, 0.2) is 42.5 Å². The van der Waals surface area contributed by atoms with Gasteiger partial charge in [-0.05, 0) is 51.0 Å². The van der Waals surface area contributed by atoms with Gasteiger partial charge >= 0.3 is 6.09 Å². The van der Waals surface area contributed by atoms with Gasteiger partial charge in [-0.25, -0.2) is 4.79 Å². The van der Waals surface area contributed by atoms with Gasteiger partial charge in [0.15, 0.2) is 0 Å². The number of ether oxygens (including phenoxy) is 1. The number of alkyl carbamates (subject to hydrolysis) is 1. The molecule has 0 aliphatic heterocycles. The van der Waals surface area contributed by atoms with Crippen LogP contribution in [0.25, 0.3) is 0 Å². The van der Waals surface area contributed by atoms with Crippen molar-refractivity contribution in [3.05, 3.63) is 64.2 Å². The number of primary amides is 1. The maximum Gasteiger partial charge on any atom is 0.408 e. The van der Waals surface area contributed by atoms with Crippen LogP contribution in [-0.2, 0) is 19.1 Å². The van der Waals surface area contributed by atoms with E-state index in [1.807, 2.05) is 6.07 Å². The number of nitrogens with two attached hydrogens (primary N) is 1. The van der Waals surface area contributed by atoms with Crippen molar-refractivity contribution in [3.63, 3.8) is 0 Å². The molecule has 204 valence electrons. The molecule has 2 rings (SSSR count). The molecule has 0 fully saturated rings. The van der Waals surface area contributed by atoms with Crippen molar-refractivity contribution in [1.82, 2.24) is 10.2 Å². The van der Waals surface area contributed by atoms with E-state index in [0.717, 1.165) is 4.90 Å². The minimum Gasteiger partial charge on any atom is -0.444 e. The smallest absolute Gasteiger partial charge is 0.408 e. The van der Waals surface area contributed by atoms with E-state index < -0.39 is 54.5 Å². The van der Waals surface area contributed by atoms with E-state index in [1.54, 1.807) is 70.2 Å². The Balaban J connectivity index is 2.63. The zero-order valence-corrected chi connectivity index (χ0v) is 22.8. The van der Waals surface area contributed by atoms with E-state index in [9.17, 15) is 24.4 Å². The van der Waals surface area contributed by atoms with Crippen LogP contribution in [0.3, 0.4) is 0 Å². The van der Waals surface area contributed by atoms with Gasteiger partial charge in [-0.15, -0.1) is 6.42 Å². The summed E-state index contributed by atoms with van der Waals surface area (Å²) in [5.41, 5.74) is 5.92. The normalized spacial score (nSPS) is 12.2. The number of hydrogen-bond acceptors (Lipinski definition) is 6. The molecule has 2 aromatic rings. The maximum atomic E-state index is 13.8. The van der Waals surface area contributed by atoms with E-state index in [1.165, 1.54) is 0 Å². The van der Waals surface area contributed by atoms with Crippen molar-refractivity contribution in [2.24, 2.45) is 5.73 Å². The molecule has 0 aliphatic rings. The molecule has 0 spiro atoms. The highest BCUT2D eigenvalue weighted by atomic mass is 35.5. The molecule has 0 saturated carbocycles. The minimum atomic E-state index is -1.54. The fourth-order valence-electron chi connectivity index (χ4n) is 3.72. The molecule has 0 bridgehead atoms. The van der Waals surface area contributed by atoms with Gasteiger partial charge in [-0.1, -0.05) is 47.9 Å². The number of aryl methyl sites for hydroxylation is 1. The molecule has 2 aromatic carbocycles. The van der Waals surface area contributed by atoms with E-state index in [0.29, 0.717) is 11.3 Å². The molecule has 4 amide bonds. The first-order chi connectivity index (χ1) is 18.3. The SMILES string of the molecule is C#Cc1ccccc1C(C(=O)Nc1c(C)cccc1Cl)N(CC#N)C(=O)C(CC(N)=O)NC(=O)OC(C)(C)C. The average molecular weight is 552 g/mol. The zero-order chi connectivity index (χ0) is 29.3. The standard InChI is InChI=1S/C28H30ClN5O5/c1-6-18-11-7-8-12-19(18)24(25(36)33-23-17(2)10-9-13-20(23)29)34(15-14-30)26(37)21(16-22(31)35)32-27(38)39-28(3,4)5/h1,7-13,21,24H,15-16H2,2-5H3,(H2,31,35)(H,32,38)(H,33,36). The summed E-state index contributed by atoms with van der Waals surface area (Å²) < 4.78 is 5.22. The number of benzene rings is 2. The maximum absolute atomic E-state index is 13.8. The number of nitriles is 1. The highest BCUT2D eigenvalue weighted by molar-refractivity contribution is 6.34. The Morgan fingerprint density at radius 1 is 1.15 bits per heavy atom. The minimum absolute atomic E-state index is 0.237. The molecule has 0 aromatic heterocycles. The van der Waals surface area contributed by atoms with Gasteiger partial charge in [-0.3, -0.25) is 14.4 Å². The summed E-state index contributed by atoms with van der Waals surface area (Å²) >= 11 is 6.31. The van der Waals surface area contributed by atoms with Crippen molar-refractivity contribution in [2.45, 2.75) is 51.8 Å². The number of terminal acetylenes is 1. The lowest BCUT2D eigenvalue weighted by Crippen LogP contribution is -2.53. The van der Waals surface area contributed by atoms with Crippen LogP contribution >= 0.6 is 11.6 Å². The third-order valence-corrected chi connectivity index (χ3v) is 5.67. The molecule has 11 heteroatoms. The summed E-state index contributed by atoms with van der Waals surface area (Å²) in [7, 11) is 0. The van der Waals surface area contributed by atoms with Gasteiger partial charge in [0.2, 0.25) is 11.8 Å². The zero-order valence-electron chi connectivity index (χ0n) is 22.1. The molecule has 39 heavy (non-hydrogen) atoms. The molecule has 0 radical (unpaired) electrons. The Kier molecular flexibility index (Phi) is 10.5. The molecule has 0 saturated heterocycles. The second-order valence-corrected chi connectivity index (χ2v) is 9.96. The summed E-state index contributed by atoms with van der Waals surface area (Å²) in [6.45, 7) is 5.99. The van der Waals surface area contributed by atoms with Gasteiger partial charge in [0.05, 0.1) is 23.2 Å². The molecule has 0 aliphatic carbocycles. The summed E-state index contributed by atoms with van der Waals surface area (Å²) in [5.74, 6) is -0.0784. The summed E-state index contributed by atoms with van der Waals surface area (Å²) in [4.78, 5) is 52.9. The summed E-state index contributed by atoms with van der Waals surface area (Å²) in [5, 5.41) is 14.9. The first-order valence-electron chi connectivity index (χ1n) is 11.9. The summed E-state index contributed by atoms with van der Waals surface area (Å²) in [6, 6.07) is 10.3. The van der Waals surface area contributed by atoms with Gasteiger partial charge < -0.3 is 26.0 Å². The molecule has 10 nitrogen and oxygen atoms in total.